The minimum Gasteiger partial charge on any atom is -0.457 e. The second-order valence-corrected chi connectivity index (χ2v) is 3.93. The first-order valence-electron chi connectivity index (χ1n) is 5.58. The Morgan fingerprint density at radius 1 is 1.21 bits per heavy atom. The minimum absolute atomic E-state index is 0.165. The Morgan fingerprint density at radius 2 is 1.89 bits per heavy atom. The molecule has 0 saturated carbocycles. The summed E-state index contributed by atoms with van der Waals surface area (Å²) in [4.78, 5) is 11.5. The van der Waals surface area contributed by atoms with Crippen LogP contribution in [0, 0.1) is 17.1 Å². The molecule has 0 aliphatic heterocycles. The number of halogens is 1. The second-order valence-electron chi connectivity index (χ2n) is 3.93. The fraction of sp³-hybridized carbons (Fsp3) is 0.0667. The zero-order chi connectivity index (χ0) is 13.8. The van der Waals surface area contributed by atoms with E-state index in [1.807, 2.05) is 6.07 Å². The molecule has 0 saturated heterocycles. The van der Waals surface area contributed by atoms with Crippen LogP contribution < -0.4 is 4.74 Å². The zero-order valence-corrected chi connectivity index (χ0v) is 10.2. The Morgan fingerprint density at radius 3 is 2.47 bits per heavy atom. The molecule has 0 unspecified atom stereocenters. The SMILES string of the molecule is CC(=O)c1ccc(C#N)cc1Oc1ccc(F)cc1. The molecule has 0 amide bonds. The van der Waals surface area contributed by atoms with E-state index < -0.39 is 0 Å². The van der Waals surface area contributed by atoms with E-state index in [0.717, 1.165) is 0 Å². The number of benzene rings is 2. The van der Waals surface area contributed by atoms with Crippen molar-refractivity contribution in [3.63, 3.8) is 0 Å². The van der Waals surface area contributed by atoms with Gasteiger partial charge in [-0.1, -0.05) is 0 Å². The molecule has 94 valence electrons. The van der Waals surface area contributed by atoms with Crippen molar-refractivity contribution >= 4 is 5.78 Å². The smallest absolute Gasteiger partial charge is 0.163 e. The number of Topliss-reactive ketones (excluding diaryl/α,β-unsaturated/α-hetero) is 1. The van der Waals surface area contributed by atoms with E-state index in [0.29, 0.717) is 16.9 Å². The van der Waals surface area contributed by atoms with Gasteiger partial charge in [-0.25, -0.2) is 4.39 Å². The van der Waals surface area contributed by atoms with Gasteiger partial charge in [0.05, 0.1) is 17.2 Å². The van der Waals surface area contributed by atoms with Crippen molar-refractivity contribution in [2.24, 2.45) is 0 Å². The third-order valence-electron chi connectivity index (χ3n) is 2.53. The number of rotatable bonds is 3. The van der Waals surface area contributed by atoms with Crippen LogP contribution in [0.5, 0.6) is 11.5 Å². The standard InChI is InChI=1S/C15H10FNO2/c1-10(18)14-7-2-11(9-17)8-15(14)19-13-5-3-12(16)4-6-13/h2-8H,1H3. The average Bonchev–Trinajstić information content (AvgIpc) is 2.41. The lowest BCUT2D eigenvalue weighted by atomic mass is 10.1. The van der Waals surface area contributed by atoms with Crippen LogP contribution in [-0.4, -0.2) is 5.78 Å². The van der Waals surface area contributed by atoms with Crippen molar-refractivity contribution in [1.82, 2.24) is 0 Å². The molecule has 0 fully saturated rings. The third-order valence-corrected chi connectivity index (χ3v) is 2.53. The van der Waals surface area contributed by atoms with Crippen LogP contribution >= 0.6 is 0 Å². The normalized spacial score (nSPS) is 9.74. The van der Waals surface area contributed by atoms with Gasteiger partial charge < -0.3 is 4.74 Å². The van der Waals surface area contributed by atoms with Crippen LogP contribution in [0.25, 0.3) is 0 Å². The van der Waals surface area contributed by atoms with Crippen molar-refractivity contribution in [2.45, 2.75) is 6.92 Å². The number of nitriles is 1. The molecule has 19 heavy (non-hydrogen) atoms. The summed E-state index contributed by atoms with van der Waals surface area (Å²) < 4.78 is 18.3. The minimum atomic E-state index is -0.370. The van der Waals surface area contributed by atoms with Gasteiger partial charge in [0.1, 0.15) is 17.3 Å². The van der Waals surface area contributed by atoms with Gasteiger partial charge in [0, 0.05) is 0 Å². The summed E-state index contributed by atoms with van der Waals surface area (Å²) in [6, 6.07) is 12.0. The molecule has 0 N–H and O–H groups in total. The zero-order valence-electron chi connectivity index (χ0n) is 10.2. The summed E-state index contributed by atoms with van der Waals surface area (Å²) in [5, 5.41) is 8.85. The fourth-order valence-corrected chi connectivity index (χ4v) is 1.60. The van der Waals surface area contributed by atoms with Gasteiger partial charge in [0.2, 0.25) is 0 Å². The maximum absolute atomic E-state index is 12.8. The molecule has 2 rings (SSSR count). The van der Waals surface area contributed by atoms with Gasteiger partial charge >= 0.3 is 0 Å². The van der Waals surface area contributed by atoms with E-state index in [1.165, 1.54) is 37.3 Å². The molecule has 0 radical (unpaired) electrons. The number of hydrogen-bond donors (Lipinski definition) is 0. The van der Waals surface area contributed by atoms with Crippen molar-refractivity contribution in [1.29, 1.82) is 5.26 Å². The highest BCUT2D eigenvalue weighted by Gasteiger charge is 2.10. The van der Waals surface area contributed by atoms with Crippen LogP contribution in [0.2, 0.25) is 0 Å². The predicted octanol–water partition coefficient (Wildman–Crippen LogP) is 3.69. The highest BCUT2D eigenvalue weighted by molar-refractivity contribution is 5.97. The molecule has 0 heterocycles. The summed E-state index contributed by atoms with van der Waals surface area (Å²) in [6.07, 6.45) is 0. The maximum atomic E-state index is 12.8. The molecular formula is C15H10FNO2. The van der Waals surface area contributed by atoms with Gasteiger partial charge in [-0.05, 0) is 49.4 Å². The Bertz CT molecular complexity index is 657. The molecular weight excluding hydrogens is 245 g/mol. The molecule has 0 bridgehead atoms. The van der Waals surface area contributed by atoms with E-state index in [4.69, 9.17) is 10.00 Å². The first kappa shape index (κ1) is 12.8. The Hall–Kier alpha value is -2.67. The topological polar surface area (TPSA) is 50.1 Å². The molecule has 0 atom stereocenters. The summed E-state index contributed by atoms with van der Waals surface area (Å²) in [7, 11) is 0. The maximum Gasteiger partial charge on any atom is 0.163 e. The van der Waals surface area contributed by atoms with Gasteiger partial charge in [0.15, 0.2) is 5.78 Å². The van der Waals surface area contributed by atoms with Gasteiger partial charge in [0.25, 0.3) is 0 Å². The van der Waals surface area contributed by atoms with E-state index in [1.54, 1.807) is 12.1 Å². The summed E-state index contributed by atoms with van der Waals surface area (Å²) in [6.45, 7) is 1.42. The van der Waals surface area contributed by atoms with E-state index in [-0.39, 0.29) is 17.3 Å². The lowest BCUT2D eigenvalue weighted by Gasteiger charge is -2.09. The summed E-state index contributed by atoms with van der Waals surface area (Å²) in [5.41, 5.74) is 0.769. The summed E-state index contributed by atoms with van der Waals surface area (Å²) >= 11 is 0. The molecule has 0 aliphatic rings. The van der Waals surface area contributed by atoms with Crippen LogP contribution in [-0.2, 0) is 0 Å². The van der Waals surface area contributed by atoms with Crippen LogP contribution in [0.1, 0.15) is 22.8 Å². The lowest BCUT2D eigenvalue weighted by Crippen LogP contribution is -1.97. The number of carbonyl (C=O) groups excluding carboxylic acids is 1. The van der Waals surface area contributed by atoms with E-state index in [2.05, 4.69) is 0 Å². The Balaban J connectivity index is 2.40. The number of ether oxygens (including phenoxy) is 1. The van der Waals surface area contributed by atoms with Crippen molar-refractivity contribution in [3.8, 4) is 17.6 Å². The molecule has 2 aromatic rings. The summed E-state index contributed by atoms with van der Waals surface area (Å²) in [5.74, 6) is 0.156. The number of hydrogen-bond acceptors (Lipinski definition) is 3. The van der Waals surface area contributed by atoms with E-state index >= 15 is 0 Å². The van der Waals surface area contributed by atoms with Crippen LogP contribution in [0.15, 0.2) is 42.5 Å². The quantitative estimate of drug-likeness (QED) is 0.786. The van der Waals surface area contributed by atoms with Gasteiger partial charge in [-0.2, -0.15) is 5.26 Å². The fourth-order valence-electron chi connectivity index (χ4n) is 1.60. The number of ketones is 1. The average molecular weight is 255 g/mol. The number of carbonyl (C=O) groups is 1. The highest BCUT2D eigenvalue weighted by Crippen LogP contribution is 2.27. The third kappa shape index (κ3) is 2.96. The largest absolute Gasteiger partial charge is 0.457 e. The first-order valence-corrected chi connectivity index (χ1v) is 5.58. The predicted molar refractivity (Wildman–Crippen MR) is 67.6 cm³/mol. The molecule has 0 spiro atoms. The van der Waals surface area contributed by atoms with Crippen LogP contribution in [0.3, 0.4) is 0 Å². The monoisotopic (exact) mass is 255 g/mol. The molecule has 2 aromatic carbocycles. The van der Waals surface area contributed by atoms with Crippen molar-refractivity contribution < 1.29 is 13.9 Å². The molecule has 3 nitrogen and oxygen atoms in total. The lowest BCUT2D eigenvalue weighted by molar-refractivity contribution is 0.101. The van der Waals surface area contributed by atoms with Crippen molar-refractivity contribution in [2.75, 3.05) is 0 Å². The number of nitrogens with zero attached hydrogens (tertiary/aromatic N) is 1. The molecule has 0 aromatic heterocycles. The highest BCUT2D eigenvalue weighted by atomic mass is 19.1. The Kier molecular flexibility index (Phi) is 3.58. The molecule has 0 aliphatic carbocycles. The van der Waals surface area contributed by atoms with Gasteiger partial charge in [-0.3, -0.25) is 4.79 Å². The molecule has 4 heteroatoms. The van der Waals surface area contributed by atoms with Crippen LogP contribution in [0.4, 0.5) is 4.39 Å². The van der Waals surface area contributed by atoms with Gasteiger partial charge in [-0.15, -0.1) is 0 Å². The van der Waals surface area contributed by atoms with Crippen molar-refractivity contribution in [3.05, 3.63) is 59.4 Å². The Labute approximate surface area is 109 Å². The first-order chi connectivity index (χ1) is 9.10. The second kappa shape index (κ2) is 5.32. The van der Waals surface area contributed by atoms with E-state index in [9.17, 15) is 9.18 Å².